The van der Waals surface area contributed by atoms with Gasteiger partial charge in [-0.05, 0) is 68.8 Å². The molecule has 114 valence electrons. The fraction of sp³-hybridized carbons (Fsp3) is 0.600. The van der Waals surface area contributed by atoms with Gasteiger partial charge < -0.3 is 15.2 Å². The summed E-state index contributed by atoms with van der Waals surface area (Å²) in [5.74, 6) is 1.36. The zero-order valence-electron chi connectivity index (χ0n) is 12.3. The lowest BCUT2D eigenvalue weighted by Gasteiger charge is -2.14. The summed E-state index contributed by atoms with van der Waals surface area (Å²) in [6.07, 6.45) is 0.842. The molecule has 20 heavy (non-hydrogen) atoms. The summed E-state index contributed by atoms with van der Waals surface area (Å²) in [4.78, 5) is 0. The van der Waals surface area contributed by atoms with Crippen molar-refractivity contribution in [1.82, 2.24) is 0 Å². The Hall–Kier alpha value is -0.100. The first-order chi connectivity index (χ1) is 9.40. The van der Waals surface area contributed by atoms with Crippen molar-refractivity contribution in [1.29, 1.82) is 0 Å². The molecule has 0 aromatic heterocycles. The van der Waals surface area contributed by atoms with E-state index in [4.69, 9.17) is 15.2 Å². The molecule has 0 heterocycles. The Morgan fingerprint density at radius 1 is 1.10 bits per heavy atom. The quantitative estimate of drug-likeness (QED) is 0.657. The monoisotopic (exact) mass is 407 g/mol. The first-order valence-electron chi connectivity index (χ1n) is 6.84. The highest BCUT2D eigenvalue weighted by atomic mass is 79.9. The molecule has 0 spiro atoms. The highest BCUT2D eigenvalue weighted by Crippen LogP contribution is 2.35. The van der Waals surface area contributed by atoms with E-state index in [2.05, 4.69) is 57.8 Å². The average molecular weight is 409 g/mol. The predicted octanol–water partition coefficient (Wildman–Crippen LogP) is 4.15. The standard InChI is InChI=1S/C15H23Br2NO2/c1-10(2)9-19-4-5-20-15-13(16)7-12(6-11(3)18)8-14(15)17/h7-8,10-11H,4-6,9,18H2,1-3H3. The van der Waals surface area contributed by atoms with Crippen LogP contribution in [0.5, 0.6) is 5.75 Å². The molecule has 3 nitrogen and oxygen atoms in total. The van der Waals surface area contributed by atoms with E-state index in [0.717, 1.165) is 27.7 Å². The molecular formula is C15H23Br2NO2. The van der Waals surface area contributed by atoms with E-state index in [1.165, 1.54) is 5.56 Å². The number of ether oxygens (including phenoxy) is 2. The SMILES string of the molecule is CC(C)COCCOc1c(Br)cc(CC(C)N)cc1Br. The fourth-order valence-electron chi connectivity index (χ4n) is 1.76. The molecule has 1 atom stereocenters. The van der Waals surface area contributed by atoms with Gasteiger partial charge in [0.2, 0.25) is 0 Å². The van der Waals surface area contributed by atoms with Gasteiger partial charge in [-0.3, -0.25) is 0 Å². The second-order valence-electron chi connectivity index (χ2n) is 5.39. The maximum atomic E-state index is 5.82. The number of halogens is 2. The smallest absolute Gasteiger partial charge is 0.147 e. The van der Waals surface area contributed by atoms with Gasteiger partial charge >= 0.3 is 0 Å². The zero-order chi connectivity index (χ0) is 15.1. The van der Waals surface area contributed by atoms with E-state index in [9.17, 15) is 0 Å². The minimum absolute atomic E-state index is 0.144. The molecular weight excluding hydrogens is 386 g/mol. The summed E-state index contributed by atoms with van der Waals surface area (Å²) in [6, 6.07) is 4.25. The molecule has 0 fully saturated rings. The van der Waals surface area contributed by atoms with Crippen molar-refractivity contribution >= 4 is 31.9 Å². The normalized spacial score (nSPS) is 12.8. The Bertz CT molecular complexity index is 399. The van der Waals surface area contributed by atoms with E-state index in [0.29, 0.717) is 19.1 Å². The molecule has 0 aliphatic rings. The number of benzene rings is 1. The second kappa shape index (κ2) is 9.03. The van der Waals surface area contributed by atoms with Gasteiger partial charge in [0.05, 0.1) is 15.6 Å². The van der Waals surface area contributed by atoms with Crippen LogP contribution in [0.2, 0.25) is 0 Å². The zero-order valence-corrected chi connectivity index (χ0v) is 15.5. The molecule has 1 aromatic rings. The Morgan fingerprint density at radius 3 is 2.20 bits per heavy atom. The van der Waals surface area contributed by atoms with Crippen molar-refractivity contribution in [3.63, 3.8) is 0 Å². The number of nitrogens with two attached hydrogens (primary N) is 1. The van der Waals surface area contributed by atoms with Crippen molar-refractivity contribution < 1.29 is 9.47 Å². The third-order valence-electron chi connectivity index (χ3n) is 2.54. The van der Waals surface area contributed by atoms with Crippen LogP contribution in [0.3, 0.4) is 0 Å². The van der Waals surface area contributed by atoms with Gasteiger partial charge in [-0.2, -0.15) is 0 Å². The van der Waals surface area contributed by atoms with Gasteiger partial charge in [0.25, 0.3) is 0 Å². The summed E-state index contributed by atoms with van der Waals surface area (Å²) in [7, 11) is 0. The van der Waals surface area contributed by atoms with Crippen molar-refractivity contribution in [3.05, 3.63) is 26.6 Å². The highest BCUT2D eigenvalue weighted by molar-refractivity contribution is 9.11. The van der Waals surface area contributed by atoms with E-state index in [1.54, 1.807) is 0 Å². The van der Waals surface area contributed by atoms with E-state index < -0.39 is 0 Å². The summed E-state index contributed by atoms with van der Waals surface area (Å²) < 4.78 is 13.1. The van der Waals surface area contributed by atoms with Crippen molar-refractivity contribution in [2.75, 3.05) is 19.8 Å². The molecule has 0 aliphatic carbocycles. The Morgan fingerprint density at radius 2 is 1.70 bits per heavy atom. The summed E-state index contributed by atoms with van der Waals surface area (Å²) in [6.45, 7) is 8.16. The van der Waals surface area contributed by atoms with Crippen LogP contribution in [0.4, 0.5) is 0 Å². The van der Waals surface area contributed by atoms with Crippen LogP contribution in [0.15, 0.2) is 21.1 Å². The number of hydrogen-bond donors (Lipinski definition) is 1. The van der Waals surface area contributed by atoms with Gasteiger partial charge in [-0.25, -0.2) is 0 Å². The van der Waals surface area contributed by atoms with Crippen molar-refractivity contribution in [2.24, 2.45) is 11.7 Å². The van der Waals surface area contributed by atoms with Gasteiger partial charge in [-0.15, -0.1) is 0 Å². The molecule has 2 N–H and O–H groups in total. The van der Waals surface area contributed by atoms with Crippen LogP contribution in [-0.4, -0.2) is 25.9 Å². The van der Waals surface area contributed by atoms with Crippen molar-refractivity contribution in [2.45, 2.75) is 33.2 Å². The van der Waals surface area contributed by atoms with Gasteiger partial charge in [0.15, 0.2) is 0 Å². The maximum absolute atomic E-state index is 5.82. The van der Waals surface area contributed by atoms with Gasteiger partial charge in [0.1, 0.15) is 12.4 Å². The van der Waals surface area contributed by atoms with E-state index in [-0.39, 0.29) is 6.04 Å². The molecule has 1 unspecified atom stereocenters. The third kappa shape index (κ3) is 6.57. The lowest BCUT2D eigenvalue weighted by Crippen LogP contribution is -2.17. The van der Waals surface area contributed by atoms with Crippen LogP contribution in [-0.2, 0) is 11.2 Å². The van der Waals surface area contributed by atoms with Gasteiger partial charge in [-0.1, -0.05) is 13.8 Å². The van der Waals surface area contributed by atoms with Gasteiger partial charge in [0, 0.05) is 12.6 Å². The van der Waals surface area contributed by atoms with E-state index in [1.807, 2.05) is 6.92 Å². The number of rotatable bonds is 8. The molecule has 0 saturated carbocycles. The average Bonchev–Trinajstić information content (AvgIpc) is 2.30. The molecule has 0 saturated heterocycles. The molecule has 0 bridgehead atoms. The van der Waals surface area contributed by atoms with Crippen LogP contribution >= 0.6 is 31.9 Å². The number of hydrogen-bond acceptors (Lipinski definition) is 3. The lowest BCUT2D eigenvalue weighted by atomic mass is 10.1. The summed E-state index contributed by atoms with van der Waals surface area (Å²) in [5, 5.41) is 0. The molecule has 0 radical (unpaired) electrons. The summed E-state index contributed by atoms with van der Waals surface area (Å²) in [5.41, 5.74) is 7.00. The Labute approximate surface area is 138 Å². The fourth-order valence-corrected chi connectivity index (χ4v) is 3.27. The Balaban J connectivity index is 2.53. The van der Waals surface area contributed by atoms with E-state index >= 15 is 0 Å². The molecule has 5 heteroatoms. The molecule has 0 aliphatic heterocycles. The first-order valence-corrected chi connectivity index (χ1v) is 8.42. The minimum atomic E-state index is 0.144. The molecule has 0 amide bonds. The van der Waals surface area contributed by atoms with Crippen molar-refractivity contribution in [3.8, 4) is 5.75 Å². The largest absolute Gasteiger partial charge is 0.489 e. The predicted molar refractivity (Wildman–Crippen MR) is 90.3 cm³/mol. The van der Waals surface area contributed by atoms with Crippen LogP contribution in [0.25, 0.3) is 0 Å². The topological polar surface area (TPSA) is 44.5 Å². The lowest BCUT2D eigenvalue weighted by molar-refractivity contribution is 0.0815. The second-order valence-corrected chi connectivity index (χ2v) is 7.10. The van der Waals surface area contributed by atoms with Crippen LogP contribution in [0, 0.1) is 5.92 Å². The third-order valence-corrected chi connectivity index (χ3v) is 3.72. The van der Waals surface area contributed by atoms with Crippen LogP contribution < -0.4 is 10.5 Å². The van der Waals surface area contributed by atoms with Crippen LogP contribution in [0.1, 0.15) is 26.3 Å². The Kier molecular flexibility index (Phi) is 8.10. The minimum Gasteiger partial charge on any atom is -0.489 e. The molecule has 1 aromatic carbocycles. The highest BCUT2D eigenvalue weighted by Gasteiger charge is 2.10. The summed E-state index contributed by atoms with van der Waals surface area (Å²) >= 11 is 7.09. The first kappa shape index (κ1) is 18.0. The molecule has 1 rings (SSSR count). The maximum Gasteiger partial charge on any atom is 0.147 e.